The fraction of sp³-hybridized carbons (Fsp3) is 0.261. The van der Waals surface area contributed by atoms with Crippen molar-refractivity contribution in [2.45, 2.75) is 20.3 Å². The number of rotatable bonds is 8. The van der Waals surface area contributed by atoms with E-state index in [9.17, 15) is 4.79 Å². The molecule has 1 aromatic heterocycles. The molecule has 2 aromatic carbocycles. The fourth-order valence-electron chi connectivity index (χ4n) is 3.16. The van der Waals surface area contributed by atoms with E-state index in [0.717, 1.165) is 23.5 Å². The zero-order valence-electron chi connectivity index (χ0n) is 17.1. The molecule has 0 atom stereocenters. The molecule has 1 N–H and O–H groups in total. The summed E-state index contributed by atoms with van der Waals surface area (Å²) in [5.74, 6) is 1.29. The first-order valence-electron chi connectivity index (χ1n) is 9.68. The van der Waals surface area contributed by atoms with Gasteiger partial charge in [-0.1, -0.05) is 30.3 Å². The molecule has 6 nitrogen and oxygen atoms in total. The SMILES string of the molecule is CCN(c1cccc(C)c1)c1cnc(C(=O)NCCc2ccccc2OC)cn1. The molecular weight excluding hydrogens is 364 g/mol. The van der Waals surface area contributed by atoms with Crippen molar-refractivity contribution in [2.24, 2.45) is 0 Å². The number of amides is 1. The molecule has 0 unspecified atom stereocenters. The molecule has 150 valence electrons. The molecule has 1 heterocycles. The minimum atomic E-state index is -0.238. The van der Waals surface area contributed by atoms with Gasteiger partial charge in [-0.3, -0.25) is 4.79 Å². The van der Waals surface area contributed by atoms with Crippen LogP contribution >= 0.6 is 0 Å². The van der Waals surface area contributed by atoms with Crippen molar-refractivity contribution in [3.8, 4) is 5.75 Å². The van der Waals surface area contributed by atoms with Gasteiger partial charge in [0, 0.05) is 18.8 Å². The summed E-state index contributed by atoms with van der Waals surface area (Å²) in [5.41, 5.74) is 3.58. The Morgan fingerprint density at radius 1 is 1.10 bits per heavy atom. The van der Waals surface area contributed by atoms with Crippen LogP contribution in [0.4, 0.5) is 11.5 Å². The van der Waals surface area contributed by atoms with Crippen LogP contribution in [0.15, 0.2) is 60.9 Å². The number of carbonyl (C=O) groups is 1. The maximum atomic E-state index is 12.4. The highest BCUT2D eigenvalue weighted by Crippen LogP contribution is 2.23. The number of aryl methyl sites for hydroxylation is 1. The predicted octanol–water partition coefficient (Wildman–Crippen LogP) is 3.92. The van der Waals surface area contributed by atoms with Crippen LogP contribution in [0.1, 0.15) is 28.5 Å². The molecule has 1 amide bonds. The third-order valence-electron chi connectivity index (χ3n) is 4.65. The first kappa shape index (κ1) is 20.3. The molecule has 0 aliphatic carbocycles. The Labute approximate surface area is 171 Å². The minimum absolute atomic E-state index is 0.238. The fourth-order valence-corrected chi connectivity index (χ4v) is 3.16. The van der Waals surface area contributed by atoms with Gasteiger partial charge in [0.1, 0.15) is 11.4 Å². The number of aromatic nitrogens is 2. The molecule has 0 radical (unpaired) electrons. The number of anilines is 2. The van der Waals surface area contributed by atoms with Crippen LogP contribution in [-0.2, 0) is 6.42 Å². The summed E-state index contributed by atoms with van der Waals surface area (Å²) in [6.07, 6.45) is 3.84. The van der Waals surface area contributed by atoms with Crippen molar-refractivity contribution in [2.75, 3.05) is 25.1 Å². The highest BCUT2D eigenvalue weighted by atomic mass is 16.5. The Morgan fingerprint density at radius 2 is 1.93 bits per heavy atom. The largest absolute Gasteiger partial charge is 0.496 e. The zero-order chi connectivity index (χ0) is 20.6. The van der Waals surface area contributed by atoms with Crippen molar-refractivity contribution < 1.29 is 9.53 Å². The maximum Gasteiger partial charge on any atom is 0.271 e. The van der Waals surface area contributed by atoms with Gasteiger partial charge < -0.3 is 15.0 Å². The summed E-state index contributed by atoms with van der Waals surface area (Å²) in [6.45, 7) is 5.36. The third kappa shape index (κ3) is 5.10. The Balaban J connectivity index is 1.62. The van der Waals surface area contributed by atoms with E-state index in [1.807, 2.05) is 36.4 Å². The van der Waals surface area contributed by atoms with Gasteiger partial charge in [-0.15, -0.1) is 0 Å². The summed E-state index contributed by atoms with van der Waals surface area (Å²) < 4.78 is 5.34. The van der Waals surface area contributed by atoms with E-state index in [0.29, 0.717) is 24.5 Å². The van der Waals surface area contributed by atoms with E-state index in [4.69, 9.17) is 4.74 Å². The third-order valence-corrected chi connectivity index (χ3v) is 4.65. The van der Waals surface area contributed by atoms with Gasteiger partial charge in [0.25, 0.3) is 5.91 Å². The summed E-state index contributed by atoms with van der Waals surface area (Å²) in [5, 5.41) is 2.89. The minimum Gasteiger partial charge on any atom is -0.496 e. The number of nitrogens with one attached hydrogen (secondary N) is 1. The van der Waals surface area contributed by atoms with Crippen molar-refractivity contribution in [1.29, 1.82) is 0 Å². The molecule has 0 spiro atoms. The summed E-state index contributed by atoms with van der Waals surface area (Å²) >= 11 is 0. The molecule has 0 aliphatic heterocycles. The normalized spacial score (nSPS) is 10.4. The number of nitrogens with zero attached hydrogens (tertiary/aromatic N) is 3. The average molecular weight is 390 g/mol. The summed E-state index contributed by atoms with van der Waals surface area (Å²) in [7, 11) is 1.64. The standard InChI is InChI=1S/C23H26N4O2/c1-4-27(19-10-7-8-17(2)14-19)22-16-25-20(15-26-22)23(28)24-13-12-18-9-5-6-11-21(18)29-3/h5-11,14-16H,4,12-13H2,1-3H3,(H,24,28). The highest BCUT2D eigenvalue weighted by molar-refractivity contribution is 5.92. The molecule has 6 heteroatoms. The van der Waals surface area contributed by atoms with Gasteiger partial charge in [0.05, 0.1) is 19.5 Å². The van der Waals surface area contributed by atoms with E-state index in [2.05, 4.69) is 46.2 Å². The van der Waals surface area contributed by atoms with E-state index >= 15 is 0 Å². The van der Waals surface area contributed by atoms with Crippen molar-refractivity contribution in [3.05, 3.63) is 77.7 Å². The number of ether oxygens (including phenoxy) is 1. The summed E-state index contributed by atoms with van der Waals surface area (Å²) in [4.78, 5) is 23.2. The lowest BCUT2D eigenvalue weighted by atomic mass is 10.1. The molecule has 0 fully saturated rings. The Bertz CT molecular complexity index is 957. The number of benzene rings is 2. The molecule has 0 bridgehead atoms. The van der Waals surface area contributed by atoms with E-state index in [-0.39, 0.29) is 5.91 Å². The van der Waals surface area contributed by atoms with Gasteiger partial charge in [0.15, 0.2) is 5.82 Å². The summed E-state index contributed by atoms with van der Waals surface area (Å²) in [6, 6.07) is 16.0. The van der Waals surface area contributed by atoms with Crippen LogP contribution in [0.5, 0.6) is 5.75 Å². The topological polar surface area (TPSA) is 67.4 Å². The number of carbonyl (C=O) groups excluding carboxylic acids is 1. The molecular formula is C23H26N4O2. The maximum absolute atomic E-state index is 12.4. The van der Waals surface area contributed by atoms with Gasteiger partial charge >= 0.3 is 0 Å². The molecule has 0 saturated heterocycles. The second-order valence-electron chi connectivity index (χ2n) is 6.66. The molecule has 0 aliphatic rings. The predicted molar refractivity (Wildman–Crippen MR) is 115 cm³/mol. The second kappa shape index (κ2) is 9.68. The molecule has 3 aromatic rings. The van der Waals surface area contributed by atoms with Crippen LogP contribution in [0.2, 0.25) is 0 Å². The Kier molecular flexibility index (Phi) is 6.79. The average Bonchev–Trinajstić information content (AvgIpc) is 2.75. The van der Waals surface area contributed by atoms with Crippen molar-refractivity contribution >= 4 is 17.4 Å². The van der Waals surface area contributed by atoms with Crippen LogP contribution < -0.4 is 15.0 Å². The van der Waals surface area contributed by atoms with E-state index in [1.54, 1.807) is 13.3 Å². The first-order valence-corrected chi connectivity index (χ1v) is 9.68. The lowest BCUT2D eigenvalue weighted by Crippen LogP contribution is -2.27. The van der Waals surface area contributed by atoms with Crippen LogP contribution in [-0.4, -0.2) is 36.1 Å². The number of methoxy groups -OCH3 is 1. The number of hydrogen-bond acceptors (Lipinski definition) is 5. The monoisotopic (exact) mass is 390 g/mol. The van der Waals surface area contributed by atoms with Crippen molar-refractivity contribution in [1.82, 2.24) is 15.3 Å². The molecule has 29 heavy (non-hydrogen) atoms. The van der Waals surface area contributed by atoms with Gasteiger partial charge in [0.2, 0.25) is 0 Å². The van der Waals surface area contributed by atoms with Crippen LogP contribution in [0, 0.1) is 6.92 Å². The molecule has 3 rings (SSSR count). The quantitative estimate of drug-likeness (QED) is 0.631. The number of para-hydroxylation sites is 1. The highest BCUT2D eigenvalue weighted by Gasteiger charge is 2.12. The Morgan fingerprint density at radius 3 is 2.62 bits per heavy atom. The first-order chi connectivity index (χ1) is 14.1. The zero-order valence-corrected chi connectivity index (χ0v) is 17.1. The van der Waals surface area contributed by atoms with Crippen molar-refractivity contribution in [3.63, 3.8) is 0 Å². The Hall–Kier alpha value is -3.41. The second-order valence-corrected chi connectivity index (χ2v) is 6.66. The lowest BCUT2D eigenvalue weighted by molar-refractivity contribution is 0.0948. The lowest BCUT2D eigenvalue weighted by Gasteiger charge is -2.22. The van der Waals surface area contributed by atoms with Gasteiger partial charge in [-0.2, -0.15) is 0 Å². The van der Waals surface area contributed by atoms with Crippen LogP contribution in [0.25, 0.3) is 0 Å². The van der Waals surface area contributed by atoms with Crippen LogP contribution in [0.3, 0.4) is 0 Å². The number of hydrogen-bond donors (Lipinski definition) is 1. The van der Waals surface area contributed by atoms with E-state index in [1.165, 1.54) is 11.8 Å². The van der Waals surface area contributed by atoms with E-state index < -0.39 is 0 Å². The smallest absolute Gasteiger partial charge is 0.271 e. The van der Waals surface area contributed by atoms with Gasteiger partial charge in [-0.25, -0.2) is 9.97 Å². The molecule has 0 saturated carbocycles. The van der Waals surface area contributed by atoms with Gasteiger partial charge in [-0.05, 0) is 49.6 Å².